The molecule has 0 amide bonds. The molecule has 1 saturated heterocycles. The summed E-state index contributed by atoms with van der Waals surface area (Å²) in [6, 6.07) is 12.0. The van der Waals surface area contributed by atoms with Gasteiger partial charge in [0.25, 0.3) is 0 Å². The Balaban J connectivity index is 1.71. The molecule has 0 saturated carbocycles. The Morgan fingerprint density at radius 3 is 2.81 bits per heavy atom. The van der Waals surface area contributed by atoms with Gasteiger partial charge in [-0.1, -0.05) is 18.2 Å². The van der Waals surface area contributed by atoms with E-state index in [0.29, 0.717) is 11.8 Å². The van der Waals surface area contributed by atoms with E-state index < -0.39 is 0 Å². The topological polar surface area (TPSA) is 60.9 Å². The lowest BCUT2D eigenvalue weighted by atomic mass is 10.1. The van der Waals surface area contributed by atoms with Gasteiger partial charge in [0.15, 0.2) is 0 Å². The number of H-pyrrole nitrogens is 1. The first-order chi connectivity index (χ1) is 10.3. The average Bonchev–Trinajstić information content (AvgIpc) is 3.17. The van der Waals surface area contributed by atoms with Crippen molar-refractivity contribution in [2.75, 3.05) is 6.54 Å². The molecule has 0 aliphatic carbocycles. The van der Waals surface area contributed by atoms with Gasteiger partial charge in [0.05, 0.1) is 17.9 Å². The Hall–Kier alpha value is -2.33. The fourth-order valence-electron chi connectivity index (χ4n) is 2.98. The number of hydrogen-bond donors (Lipinski definition) is 3. The van der Waals surface area contributed by atoms with Gasteiger partial charge in [0.2, 0.25) is 0 Å². The highest BCUT2D eigenvalue weighted by atomic mass is 16.3. The van der Waals surface area contributed by atoms with Crippen LogP contribution in [0.5, 0.6) is 5.75 Å². The molecule has 1 aliphatic rings. The van der Waals surface area contributed by atoms with Crippen LogP contribution in [0.1, 0.15) is 24.7 Å². The highest BCUT2D eigenvalue weighted by molar-refractivity contribution is 5.87. The molecule has 1 fully saturated rings. The van der Waals surface area contributed by atoms with Crippen molar-refractivity contribution in [1.82, 2.24) is 15.3 Å². The summed E-state index contributed by atoms with van der Waals surface area (Å²) < 4.78 is 0. The summed E-state index contributed by atoms with van der Waals surface area (Å²) in [5, 5.41) is 15.1. The smallest absolute Gasteiger partial charge is 0.123 e. The zero-order valence-electron chi connectivity index (χ0n) is 11.6. The minimum atomic E-state index is 0.298. The fraction of sp³-hybridized carbons (Fsp3) is 0.235. The molecule has 2 aromatic carbocycles. The third kappa shape index (κ3) is 2.28. The third-order valence-electron chi connectivity index (χ3n) is 4.12. The Morgan fingerprint density at radius 1 is 1.10 bits per heavy atom. The van der Waals surface area contributed by atoms with Crippen LogP contribution in [0.15, 0.2) is 42.6 Å². The van der Waals surface area contributed by atoms with E-state index in [9.17, 15) is 5.11 Å². The van der Waals surface area contributed by atoms with Crippen LogP contribution < -0.4 is 5.32 Å². The molecular weight excluding hydrogens is 262 g/mol. The largest absolute Gasteiger partial charge is 0.508 e. The molecule has 21 heavy (non-hydrogen) atoms. The van der Waals surface area contributed by atoms with Crippen LogP contribution in [0, 0.1) is 0 Å². The van der Waals surface area contributed by atoms with E-state index >= 15 is 0 Å². The zero-order chi connectivity index (χ0) is 14.2. The third-order valence-corrected chi connectivity index (χ3v) is 4.12. The van der Waals surface area contributed by atoms with E-state index in [2.05, 4.69) is 27.4 Å². The second kappa shape index (κ2) is 4.90. The van der Waals surface area contributed by atoms with Gasteiger partial charge in [-0.05, 0) is 48.4 Å². The Bertz CT molecular complexity index is 788. The molecule has 0 radical (unpaired) electrons. The number of fused-ring (bicyclic) bond motifs is 1. The van der Waals surface area contributed by atoms with Crippen LogP contribution in [0.3, 0.4) is 0 Å². The Labute approximate surface area is 122 Å². The Morgan fingerprint density at radius 2 is 1.95 bits per heavy atom. The van der Waals surface area contributed by atoms with E-state index in [1.165, 1.54) is 6.42 Å². The number of hydrogen-bond acceptors (Lipinski definition) is 3. The van der Waals surface area contributed by atoms with Crippen molar-refractivity contribution < 1.29 is 5.11 Å². The molecule has 1 aromatic heterocycles. The van der Waals surface area contributed by atoms with Crippen molar-refractivity contribution in [2.45, 2.75) is 18.9 Å². The van der Waals surface area contributed by atoms with Gasteiger partial charge in [-0.3, -0.25) is 0 Å². The lowest BCUT2D eigenvalue weighted by molar-refractivity contribution is 0.476. The number of phenols is 1. The van der Waals surface area contributed by atoms with E-state index in [0.717, 1.165) is 40.8 Å². The molecule has 4 rings (SSSR count). The number of phenolic OH excluding ortho intramolecular Hbond substituents is 1. The summed E-state index contributed by atoms with van der Waals surface area (Å²) in [5.74, 6) is 1.32. The maximum Gasteiger partial charge on any atom is 0.123 e. The molecule has 1 aliphatic heterocycles. The minimum Gasteiger partial charge on any atom is -0.508 e. The fourth-order valence-corrected chi connectivity index (χ4v) is 2.98. The molecule has 3 aromatic rings. The van der Waals surface area contributed by atoms with Crippen molar-refractivity contribution in [3.8, 4) is 17.0 Å². The van der Waals surface area contributed by atoms with Gasteiger partial charge in [0, 0.05) is 5.56 Å². The van der Waals surface area contributed by atoms with Gasteiger partial charge in [-0.2, -0.15) is 0 Å². The molecule has 0 bridgehead atoms. The lowest BCUT2D eigenvalue weighted by Crippen LogP contribution is -2.14. The summed E-state index contributed by atoms with van der Waals surface area (Å²) in [4.78, 5) is 7.94. The molecule has 3 N–H and O–H groups in total. The first kappa shape index (κ1) is 12.4. The summed E-state index contributed by atoms with van der Waals surface area (Å²) in [5.41, 5.74) is 2.15. The van der Waals surface area contributed by atoms with Crippen LogP contribution in [0.2, 0.25) is 0 Å². The molecule has 0 spiro atoms. The predicted molar refractivity (Wildman–Crippen MR) is 83.2 cm³/mol. The summed E-state index contributed by atoms with van der Waals surface area (Å²) in [6.45, 7) is 1.07. The maximum absolute atomic E-state index is 9.52. The van der Waals surface area contributed by atoms with E-state index in [1.54, 1.807) is 12.1 Å². The predicted octanol–water partition coefficient (Wildman–Crippen LogP) is 3.36. The van der Waals surface area contributed by atoms with Crippen LogP contribution in [-0.4, -0.2) is 21.6 Å². The van der Waals surface area contributed by atoms with Gasteiger partial charge in [0.1, 0.15) is 11.6 Å². The van der Waals surface area contributed by atoms with Crippen LogP contribution in [0.4, 0.5) is 0 Å². The molecule has 4 heteroatoms. The number of rotatable bonds is 2. The molecule has 106 valence electrons. The summed E-state index contributed by atoms with van der Waals surface area (Å²) in [6.07, 6.45) is 4.25. The van der Waals surface area contributed by atoms with Crippen LogP contribution in [-0.2, 0) is 0 Å². The normalized spacial score (nSPS) is 18.4. The first-order valence-electron chi connectivity index (χ1n) is 7.31. The van der Waals surface area contributed by atoms with E-state index in [1.807, 2.05) is 18.3 Å². The zero-order valence-corrected chi connectivity index (χ0v) is 11.6. The average molecular weight is 279 g/mol. The number of nitrogens with zero attached hydrogens (tertiary/aromatic N) is 1. The van der Waals surface area contributed by atoms with Crippen molar-refractivity contribution in [2.24, 2.45) is 0 Å². The van der Waals surface area contributed by atoms with Crippen LogP contribution in [0.25, 0.3) is 22.0 Å². The monoisotopic (exact) mass is 279 g/mol. The maximum atomic E-state index is 9.52. The van der Waals surface area contributed by atoms with Crippen molar-refractivity contribution in [1.29, 1.82) is 0 Å². The van der Waals surface area contributed by atoms with Crippen molar-refractivity contribution >= 4 is 10.8 Å². The highest BCUT2D eigenvalue weighted by Gasteiger charge is 2.19. The second-order valence-electron chi connectivity index (χ2n) is 5.58. The van der Waals surface area contributed by atoms with Gasteiger partial charge in [-0.25, -0.2) is 4.98 Å². The van der Waals surface area contributed by atoms with E-state index in [-0.39, 0.29) is 0 Å². The molecule has 1 unspecified atom stereocenters. The molecular formula is C17H17N3O. The van der Waals surface area contributed by atoms with Crippen molar-refractivity contribution in [3.63, 3.8) is 0 Å². The number of nitrogens with one attached hydrogen (secondary N) is 2. The summed E-state index contributed by atoms with van der Waals surface area (Å²) in [7, 11) is 0. The second-order valence-corrected chi connectivity index (χ2v) is 5.58. The quantitative estimate of drug-likeness (QED) is 0.674. The van der Waals surface area contributed by atoms with Gasteiger partial charge >= 0.3 is 0 Å². The number of aromatic amines is 1. The lowest BCUT2D eigenvalue weighted by Gasteiger charge is -2.06. The van der Waals surface area contributed by atoms with Crippen molar-refractivity contribution in [3.05, 3.63) is 48.4 Å². The number of aromatic nitrogens is 2. The number of aromatic hydroxyl groups is 1. The van der Waals surface area contributed by atoms with Gasteiger partial charge in [-0.15, -0.1) is 0 Å². The first-order valence-corrected chi connectivity index (χ1v) is 7.31. The minimum absolute atomic E-state index is 0.298. The molecule has 1 atom stereocenters. The SMILES string of the molecule is Oc1ccc2cc(-c3cnc(C4CCCN4)[nH]3)ccc2c1. The van der Waals surface area contributed by atoms with E-state index in [4.69, 9.17) is 0 Å². The summed E-state index contributed by atoms with van der Waals surface area (Å²) >= 11 is 0. The van der Waals surface area contributed by atoms with Crippen LogP contribution >= 0.6 is 0 Å². The standard InChI is InChI=1S/C17H17N3O/c21-14-6-5-11-8-13(4-3-12(11)9-14)16-10-19-17(20-16)15-2-1-7-18-15/h3-6,8-10,15,18,21H,1-2,7H2,(H,19,20). The Kier molecular flexibility index (Phi) is 2.89. The van der Waals surface area contributed by atoms with Gasteiger partial charge < -0.3 is 15.4 Å². The molecule has 2 heterocycles. The number of imidazole rings is 1. The number of benzene rings is 2. The highest BCUT2D eigenvalue weighted by Crippen LogP contribution is 2.27. The molecule has 4 nitrogen and oxygen atoms in total.